The summed E-state index contributed by atoms with van der Waals surface area (Å²) in [6.07, 6.45) is 2.44. The number of rotatable bonds is 9. The number of carbonyl (C=O) groups is 1. The van der Waals surface area contributed by atoms with E-state index in [2.05, 4.69) is 10.3 Å². The first-order valence-electron chi connectivity index (χ1n) is 12.7. The first kappa shape index (κ1) is 27.7. The number of fused-ring (bicyclic) bond motifs is 1. The minimum Gasteiger partial charge on any atom is -0.493 e. The van der Waals surface area contributed by atoms with Crippen molar-refractivity contribution in [2.45, 2.75) is 13.0 Å². The summed E-state index contributed by atoms with van der Waals surface area (Å²) in [7, 11) is -2.36. The Morgan fingerprint density at radius 2 is 1.80 bits per heavy atom. The standard InChI is InChI=1S/C29H27FN4O6S/c1-31-28(36)26-22-15-21(18-7-4-3-5-8-18)23(16-24(22)40-27(26)19-9-11-20(30)12-10-19)34(41(2,38)39)14-6-13-33-25(35)17-32-29(33)37/h3-5,7-12,15-17,35H,6,13-14H2,1-2H3,(H,31,36)(H,32,37). The van der Waals surface area contributed by atoms with Gasteiger partial charge in [0, 0.05) is 42.7 Å². The third-order valence-electron chi connectivity index (χ3n) is 6.71. The topological polar surface area (TPSA) is 138 Å². The van der Waals surface area contributed by atoms with Crippen molar-refractivity contribution in [1.29, 1.82) is 0 Å². The molecule has 0 aliphatic heterocycles. The third-order valence-corrected chi connectivity index (χ3v) is 7.89. The van der Waals surface area contributed by atoms with Crippen molar-refractivity contribution in [2.24, 2.45) is 0 Å². The lowest BCUT2D eigenvalue weighted by Gasteiger charge is -2.25. The molecule has 0 fully saturated rings. The maximum atomic E-state index is 13.7. The van der Waals surface area contributed by atoms with E-state index < -0.39 is 27.4 Å². The average molecular weight is 579 g/mol. The highest BCUT2D eigenvalue weighted by Gasteiger charge is 2.27. The summed E-state index contributed by atoms with van der Waals surface area (Å²) in [5, 5.41) is 13.0. The summed E-state index contributed by atoms with van der Waals surface area (Å²) in [4.78, 5) is 27.4. The summed E-state index contributed by atoms with van der Waals surface area (Å²) in [5.74, 6) is -0.910. The Labute approximate surface area is 234 Å². The molecule has 1 amide bonds. The van der Waals surface area contributed by atoms with Crippen molar-refractivity contribution < 1.29 is 27.1 Å². The predicted octanol–water partition coefficient (Wildman–Crippen LogP) is 4.32. The second-order valence-electron chi connectivity index (χ2n) is 9.42. The lowest BCUT2D eigenvalue weighted by molar-refractivity contribution is 0.0964. The lowest BCUT2D eigenvalue weighted by atomic mass is 9.98. The smallest absolute Gasteiger partial charge is 0.328 e. The van der Waals surface area contributed by atoms with Gasteiger partial charge in [0.15, 0.2) is 0 Å². The van der Waals surface area contributed by atoms with Crippen LogP contribution in [0.1, 0.15) is 16.8 Å². The number of amides is 1. The predicted molar refractivity (Wildman–Crippen MR) is 154 cm³/mol. The van der Waals surface area contributed by atoms with Crippen LogP contribution in [0.2, 0.25) is 0 Å². The zero-order valence-electron chi connectivity index (χ0n) is 22.2. The van der Waals surface area contributed by atoms with Crippen molar-refractivity contribution in [3.05, 3.63) is 94.8 Å². The van der Waals surface area contributed by atoms with Crippen LogP contribution in [-0.4, -0.2) is 48.8 Å². The Kier molecular flexibility index (Phi) is 7.41. The van der Waals surface area contributed by atoms with E-state index in [4.69, 9.17) is 4.42 Å². The number of aromatic nitrogens is 2. The first-order chi connectivity index (χ1) is 19.6. The SMILES string of the molecule is CNC(=O)c1c(-c2ccc(F)cc2)oc2cc(N(CCCn3c(O)c[nH]c3=O)S(C)(=O)=O)c(-c3ccccc3)cc12. The number of aromatic amines is 1. The van der Waals surface area contributed by atoms with Gasteiger partial charge in [-0.2, -0.15) is 0 Å². The van der Waals surface area contributed by atoms with Crippen LogP contribution in [0.25, 0.3) is 33.4 Å². The van der Waals surface area contributed by atoms with Crippen LogP contribution < -0.4 is 15.3 Å². The molecule has 41 heavy (non-hydrogen) atoms. The van der Waals surface area contributed by atoms with E-state index in [-0.39, 0.29) is 42.3 Å². The third kappa shape index (κ3) is 5.46. The van der Waals surface area contributed by atoms with Gasteiger partial charge < -0.3 is 19.8 Å². The van der Waals surface area contributed by atoms with E-state index in [1.54, 1.807) is 12.1 Å². The second kappa shape index (κ2) is 11.0. The molecule has 3 aromatic carbocycles. The fraction of sp³-hybridized carbons (Fsp3) is 0.172. The number of hydrogen-bond donors (Lipinski definition) is 3. The van der Waals surface area contributed by atoms with Gasteiger partial charge in [-0.25, -0.2) is 17.6 Å². The van der Waals surface area contributed by atoms with E-state index in [0.717, 1.165) is 17.0 Å². The minimum absolute atomic E-state index is 0.0188. The molecule has 0 radical (unpaired) electrons. The Bertz CT molecular complexity index is 1890. The molecule has 0 aliphatic carbocycles. The highest BCUT2D eigenvalue weighted by molar-refractivity contribution is 7.92. The number of aromatic hydroxyl groups is 1. The molecule has 5 aromatic rings. The molecule has 5 rings (SSSR count). The van der Waals surface area contributed by atoms with Gasteiger partial charge in [-0.1, -0.05) is 30.3 Å². The minimum atomic E-state index is -3.85. The molecule has 3 N–H and O–H groups in total. The fourth-order valence-electron chi connectivity index (χ4n) is 4.78. The number of nitrogens with zero attached hydrogens (tertiary/aromatic N) is 2. The molecule has 0 saturated carbocycles. The van der Waals surface area contributed by atoms with Crippen LogP contribution in [-0.2, 0) is 16.6 Å². The van der Waals surface area contributed by atoms with E-state index in [1.807, 2.05) is 30.3 Å². The molecule has 0 spiro atoms. The van der Waals surface area contributed by atoms with Crippen LogP contribution in [0.15, 0.2) is 82.1 Å². The average Bonchev–Trinajstić information content (AvgIpc) is 3.48. The van der Waals surface area contributed by atoms with Crippen LogP contribution in [0.5, 0.6) is 5.88 Å². The molecule has 0 aliphatic rings. The molecule has 0 atom stereocenters. The zero-order valence-corrected chi connectivity index (χ0v) is 23.0. The van der Waals surface area contributed by atoms with Gasteiger partial charge in [-0.3, -0.25) is 13.7 Å². The zero-order chi connectivity index (χ0) is 29.3. The van der Waals surface area contributed by atoms with Crippen molar-refractivity contribution in [1.82, 2.24) is 14.9 Å². The van der Waals surface area contributed by atoms with E-state index in [9.17, 15) is 27.5 Å². The Morgan fingerprint density at radius 1 is 1.10 bits per heavy atom. The number of benzene rings is 3. The first-order valence-corrected chi connectivity index (χ1v) is 14.5. The molecule has 2 heterocycles. The number of H-pyrrole nitrogens is 1. The van der Waals surface area contributed by atoms with Crippen LogP contribution in [0.3, 0.4) is 0 Å². The summed E-state index contributed by atoms with van der Waals surface area (Å²) < 4.78 is 48.4. The Hall–Kier alpha value is -4.84. The molecule has 0 bridgehead atoms. The Balaban J connectivity index is 1.70. The molecule has 10 nitrogen and oxygen atoms in total. The number of nitrogens with one attached hydrogen (secondary N) is 2. The highest BCUT2D eigenvalue weighted by atomic mass is 32.2. The maximum Gasteiger partial charge on any atom is 0.328 e. The van der Waals surface area contributed by atoms with E-state index in [1.165, 1.54) is 35.6 Å². The van der Waals surface area contributed by atoms with Crippen molar-refractivity contribution in [2.75, 3.05) is 24.2 Å². The number of carbonyl (C=O) groups excluding carboxylic acids is 1. The molecule has 12 heteroatoms. The summed E-state index contributed by atoms with van der Waals surface area (Å²) in [6, 6.07) is 17.9. The number of imidazole rings is 1. The van der Waals surface area contributed by atoms with Gasteiger partial charge in [-0.15, -0.1) is 0 Å². The maximum absolute atomic E-state index is 13.7. The van der Waals surface area contributed by atoms with Crippen LogP contribution >= 0.6 is 0 Å². The monoisotopic (exact) mass is 578 g/mol. The van der Waals surface area contributed by atoms with Gasteiger partial charge in [-0.05, 0) is 42.3 Å². The number of anilines is 1. The number of halogens is 1. The molecular formula is C29H27FN4O6S. The Morgan fingerprint density at radius 3 is 2.41 bits per heavy atom. The van der Waals surface area contributed by atoms with E-state index in [0.29, 0.717) is 27.8 Å². The van der Waals surface area contributed by atoms with Crippen LogP contribution in [0.4, 0.5) is 10.1 Å². The molecule has 0 unspecified atom stereocenters. The summed E-state index contributed by atoms with van der Waals surface area (Å²) >= 11 is 0. The van der Waals surface area contributed by atoms with Gasteiger partial charge in [0.25, 0.3) is 5.91 Å². The second-order valence-corrected chi connectivity index (χ2v) is 11.3. The number of sulfonamides is 1. The molecule has 2 aromatic heterocycles. The van der Waals surface area contributed by atoms with Gasteiger partial charge in [0.1, 0.15) is 17.2 Å². The highest BCUT2D eigenvalue weighted by Crippen LogP contribution is 2.41. The molecular weight excluding hydrogens is 551 g/mol. The fourth-order valence-corrected chi connectivity index (χ4v) is 5.75. The van der Waals surface area contributed by atoms with Crippen molar-refractivity contribution in [3.63, 3.8) is 0 Å². The largest absolute Gasteiger partial charge is 0.493 e. The summed E-state index contributed by atoms with van der Waals surface area (Å²) in [6.45, 7) is 0.0501. The van der Waals surface area contributed by atoms with Crippen LogP contribution in [0, 0.1) is 5.82 Å². The quantitative estimate of drug-likeness (QED) is 0.238. The van der Waals surface area contributed by atoms with E-state index >= 15 is 0 Å². The van der Waals surface area contributed by atoms with Crippen molar-refractivity contribution in [3.8, 4) is 28.3 Å². The normalized spacial score (nSPS) is 11.6. The van der Waals surface area contributed by atoms with Crippen molar-refractivity contribution >= 4 is 32.6 Å². The molecule has 0 saturated heterocycles. The lowest BCUT2D eigenvalue weighted by Crippen LogP contribution is -2.32. The molecule has 212 valence electrons. The van der Waals surface area contributed by atoms with Gasteiger partial charge >= 0.3 is 5.69 Å². The number of hydrogen-bond acceptors (Lipinski definition) is 6. The van der Waals surface area contributed by atoms with Gasteiger partial charge in [0.2, 0.25) is 15.9 Å². The van der Waals surface area contributed by atoms with Gasteiger partial charge in [0.05, 0.1) is 23.7 Å². The number of furan rings is 1. The summed E-state index contributed by atoms with van der Waals surface area (Å²) in [5.41, 5.74) is 1.98.